The Hall–Kier alpha value is -0.570. The molecule has 1 amide bonds. The number of rotatable bonds is 10. The van der Waals surface area contributed by atoms with E-state index in [2.05, 4.69) is 33.0 Å². The molecule has 0 bridgehead atoms. The van der Waals surface area contributed by atoms with E-state index in [4.69, 9.17) is 5.73 Å². The predicted molar refractivity (Wildman–Crippen MR) is 78.4 cm³/mol. The fourth-order valence-corrected chi connectivity index (χ4v) is 2.09. The maximum Gasteiger partial charge on any atom is 0.220 e. The van der Waals surface area contributed by atoms with Crippen LogP contribution in [0.1, 0.15) is 72.6 Å². The normalized spacial score (nSPS) is 13.4. The van der Waals surface area contributed by atoms with Gasteiger partial charge in [0.2, 0.25) is 5.91 Å². The van der Waals surface area contributed by atoms with Crippen molar-refractivity contribution in [2.75, 3.05) is 6.54 Å². The molecule has 1 atom stereocenters. The predicted octanol–water partition coefficient (Wildman–Crippen LogP) is 3.23. The van der Waals surface area contributed by atoms with Crippen LogP contribution in [0.3, 0.4) is 0 Å². The van der Waals surface area contributed by atoms with E-state index in [1.165, 1.54) is 19.3 Å². The SMILES string of the molecule is CCCCCC(C)NC(=O)CCC(C)(C)CCN. The molecule has 3 nitrogen and oxygen atoms in total. The van der Waals surface area contributed by atoms with Crippen LogP contribution in [0.2, 0.25) is 0 Å². The van der Waals surface area contributed by atoms with Gasteiger partial charge in [0.15, 0.2) is 0 Å². The maximum atomic E-state index is 11.8. The Morgan fingerprint density at radius 2 is 1.94 bits per heavy atom. The van der Waals surface area contributed by atoms with Gasteiger partial charge in [0.25, 0.3) is 0 Å². The summed E-state index contributed by atoms with van der Waals surface area (Å²) in [5.41, 5.74) is 5.75. The molecule has 0 aromatic carbocycles. The lowest BCUT2D eigenvalue weighted by atomic mass is 9.84. The molecule has 0 aromatic rings. The van der Waals surface area contributed by atoms with Gasteiger partial charge in [0, 0.05) is 12.5 Å². The Labute approximate surface area is 113 Å². The zero-order chi connectivity index (χ0) is 14.0. The van der Waals surface area contributed by atoms with Crippen LogP contribution < -0.4 is 11.1 Å². The Balaban J connectivity index is 3.76. The third-order valence-electron chi connectivity index (χ3n) is 3.50. The van der Waals surface area contributed by atoms with E-state index in [-0.39, 0.29) is 11.3 Å². The molecule has 0 aromatic heterocycles. The molecule has 0 heterocycles. The first kappa shape index (κ1) is 17.4. The van der Waals surface area contributed by atoms with Crippen LogP contribution in [-0.2, 0) is 4.79 Å². The number of hydrogen-bond donors (Lipinski definition) is 2. The molecule has 108 valence electrons. The minimum atomic E-state index is 0.178. The topological polar surface area (TPSA) is 55.1 Å². The third kappa shape index (κ3) is 9.46. The molecule has 0 aliphatic heterocycles. The largest absolute Gasteiger partial charge is 0.354 e. The van der Waals surface area contributed by atoms with E-state index in [1.54, 1.807) is 0 Å². The number of carbonyl (C=O) groups excluding carboxylic acids is 1. The lowest BCUT2D eigenvalue weighted by molar-refractivity contribution is -0.122. The molecule has 0 saturated carbocycles. The van der Waals surface area contributed by atoms with Crippen LogP contribution >= 0.6 is 0 Å². The average Bonchev–Trinajstić information content (AvgIpc) is 2.27. The van der Waals surface area contributed by atoms with Crippen molar-refractivity contribution in [1.29, 1.82) is 0 Å². The van der Waals surface area contributed by atoms with Gasteiger partial charge in [0.1, 0.15) is 0 Å². The fourth-order valence-electron chi connectivity index (χ4n) is 2.09. The summed E-state index contributed by atoms with van der Waals surface area (Å²) in [6.07, 6.45) is 7.29. The third-order valence-corrected chi connectivity index (χ3v) is 3.50. The summed E-state index contributed by atoms with van der Waals surface area (Å²) in [7, 11) is 0. The van der Waals surface area contributed by atoms with E-state index in [1.807, 2.05) is 0 Å². The van der Waals surface area contributed by atoms with Crippen LogP contribution in [0.15, 0.2) is 0 Å². The number of unbranched alkanes of at least 4 members (excludes halogenated alkanes) is 2. The van der Waals surface area contributed by atoms with E-state index >= 15 is 0 Å². The molecule has 0 spiro atoms. The second-order valence-corrected chi connectivity index (χ2v) is 6.17. The summed E-state index contributed by atoms with van der Waals surface area (Å²) in [6.45, 7) is 9.35. The highest BCUT2D eigenvalue weighted by atomic mass is 16.1. The highest BCUT2D eigenvalue weighted by Gasteiger charge is 2.18. The molecule has 0 rings (SSSR count). The molecule has 0 aliphatic carbocycles. The number of nitrogens with one attached hydrogen (secondary N) is 1. The average molecular weight is 256 g/mol. The van der Waals surface area contributed by atoms with Gasteiger partial charge in [-0.3, -0.25) is 4.79 Å². The van der Waals surface area contributed by atoms with Crippen LogP contribution in [0.25, 0.3) is 0 Å². The fraction of sp³-hybridized carbons (Fsp3) is 0.933. The summed E-state index contributed by atoms with van der Waals surface area (Å²) >= 11 is 0. The van der Waals surface area contributed by atoms with Crippen LogP contribution in [0.5, 0.6) is 0 Å². The van der Waals surface area contributed by atoms with Crippen molar-refractivity contribution >= 4 is 5.91 Å². The second-order valence-electron chi connectivity index (χ2n) is 6.17. The van der Waals surface area contributed by atoms with E-state index in [0.717, 1.165) is 19.3 Å². The summed E-state index contributed by atoms with van der Waals surface area (Å²) < 4.78 is 0. The zero-order valence-electron chi connectivity index (χ0n) is 12.7. The summed E-state index contributed by atoms with van der Waals surface area (Å²) in [5, 5.41) is 3.08. The molecule has 0 aliphatic rings. The van der Waals surface area contributed by atoms with Gasteiger partial charge in [-0.05, 0) is 38.1 Å². The first-order valence-electron chi connectivity index (χ1n) is 7.40. The summed E-state index contributed by atoms with van der Waals surface area (Å²) in [6, 6.07) is 0.307. The number of carbonyl (C=O) groups is 1. The van der Waals surface area contributed by atoms with Gasteiger partial charge in [-0.1, -0.05) is 40.0 Å². The van der Waals surface area contributed by atoms with E-state index < -0.39 is 0 Å². The van der Waals surface area contributed by atoms with Crippen molar-refractivity contribution in [1.82, 2.24) is 5.32 Å². The van der Waals surface area contributed by atoms with Crippen LogP contribution in [0, 0.1) is 5.41 Å². The maximum absolute atomic E-state index is 11.8. The molecular formula is C15H32N2O. The zero-order valence-corrected chi connectivity index (χ0v) is 12.7. The smallest absolute Gasteiger partial charge is 0.220 e. The van der Waals surface area contributed by atoms with Gasteiger partial charge in [-0.2, -0.15) is 0 Å². The molecule has 0 saturated heterocycles. The van der Waals surface area contributed by atoms with Crippen molar-refractivity contribution in [2.45, 2.75) is 78.7 Å². The number of hydrogen-bond acceptors (Lipinski definition) is 2. The highest BCUT2D eigenvalue weighted by molar-refractivity contribution is 5.76. The first-order chi connectivity index (χ1) is 8.41. The van der Waals surface area contributed by atoms with Crippen LogP contribution in [-0.4, -0.2) is 18.5 Å². The quantitative estimate of drug-likeness (QED) is 0.590. The first-order valence-corrected chi connectivity index (χ1v) is 7.40. The van der Waals surface area contributed by atoms with Crippen molar-refractivity contribution in [3.8, 4) is 0 Å². The Morgan fingerprint density at radius 1 is 1.28 bits per heavy atom. The van der Waals surface area contributed by atoms with Crippen molar-refractivity contribution in [3.63, 3.8) is 0 Å². The summed E-state index contributed by atoms with van der Waals surface area (Å²) in [4.78, 5) is 11.8. The lowest BCUT2D eigenvalue weighted by Crippen LogP contribution is -2.33. The van der Waals surface area contributed by atoms with Crippen LogP contribution in [0.4, 0.5) is 0 Å². The molecule has 1 unspecified atom stereocenters. The lowest BCUT2D eigenvalue weighted by Gasteiger charge is -2.24. The molecule has 18 heavy (non-hydrogen) atoms. The molecular weight excluding hydrogens is 224 g/mol. The number of amides is 1. The number of nitrogens with two attached hydrogens (primary N) is 1. The minimum Gasteiger partial charge on any atom is -0.354 e. The molecule has 3 heteroatoms. The highest BCUT2D eigenvalue weighted by Crippen LogP contribution is 2.25. The van der Waals surface area contributed by atoms with Gasteiger partial charge in [-0.15, -0.1) is 0 Å². The summed E-state index contributed by atoms with van der Waals surface area (Å²) in [5.74, 6) is 0.184. The van der Waals surface area contributed by atoms with Crippen molar-refractivity contribution < 1.29 is 4.79 Å². The standard InChI is InChI=1S/C15H32N2O/c1-5-6-7-8-13(2)17-14(18)9-10-15(3,4)11-12-16/h13H,5-12,16H2,1-4H3,(H,17,18). The van der Waals surface area contributed by atoms with Crippen molar-refractivity contribution in [2.24, 2.45) is 11.1 Å². The Kier molecular flexibility index (Phi) is 9.08. The Morgan fingerprint density at radius 3 is 2.50 bits per heavy atom. The van der Waals surface area contributed by atoms with Crippen molar-refractivity contribution in [3.05, 3.63) is 0 Å². The van der Waals surface area contributed by atoms with E-state index in [9.17, 15) is 4.79 Å². The van der Waals surface area contributed by atoms with Gasteiger partial charge in [-0.25, -0.2) is 0 Å². The molecule has 0 radical (unpaired) electrons. The van der Waals surface area contributed by atoms with E-state index in [0.29, 0.717) is 19.0 Å². The molecule has 3 N–H and O–H groups in total. The monoisotopic (exact) mass is 256 g/mol. The molecule has 0 fully saturated rings. The second kappa shape index (κ2) is 9.37. The van der Waals surface area contributed by atoms with Gasteiger partial charge in [0.05, 0.1) is 0 Å². The Bertz CT molecular complexity index is 227. The minimum absolute atomic E-state index is 0.178. The van der Waals surface area contributed by atoms with Gasteiger partial charge < -0.3 is 11.1 Å². The van der Waals surface area contributed by atoms with Gasteiger partial charge >= 0.3 is 0 Å².